The van der Waals surface area contributed by atoms with Gasteiger partial charge in [0.1, 0.15) is 0 Å². The molecule has 3 nitrogen and oxygen atoms in total. The van der Waals surface area contributed by atoms with E-state index < -0.39 is 0 Å². The number of piperidine rings is 1. The average molecular weight is 256 g/mol. The fourth-order valence-electron chi connectivity index (χ4n) is 2.84. The molecular weight excluding hydrogens is 232 g/mol. The maximum Gasteiger partial charge on any atom is 0.226 e. The first-order chi connectivity index (χ1) is 8.31. The monoisotopic (exact) mass is 256 g/mol. The Balaban J connectivity index is 1.85. The summed E-state index contributed by atoms with van der Waals surface area (Å²) < 4.78 is 0. The van der Waals surface area contributed by atoms with Gasteiger partial charge in [0.2, 0.25) is 5.91 Å². The van der Waals surface area contributed by atoms with Crippen LogP contribution in [0.25, 0.3) is 0 Å². The van der Waals surface area contributed by atoms with Crippen LogP contribution >= 0.6 is 11.8 Å². The zero-order valence-electron chi connectivity index (χ0n) is 10.8. The van der Waals surface area contributed by atoms with Gasteiger partial charge in [-0.25, -0.2) is 0 Å². The molecule has 0 saturated carbocycles. The number of likely N-dealkylation sites (tertiary alicyclic amines) is 1. The highest BCUT2D eigenvalue weighted by Gasteiger charge is 2.27. The van der Waals surface area contributed by atoms with Gasteiger partial charge in [0, 0.05) is 24.9 Å². The van der Waals surface area contributed by atoms with Crippen molar-refractivity contribution >= 4 is 17.7 Å². The Labute approximate surface area is 109 Å². The van der Waals surface area contributed by atoms with E-state index in [1.165, 1.54) is 19.3 Å². The molecule has 0 radical (unpaired) electrons. The second-order valence-electron chi connectivity index (χ2n) is 5.16. The van der Waals surface area contributed by atoms with Gasteiger partial charge < -0.3 is 10.2 Å². The van der Waals surface area contributed by atoms with E-state index in [-0.39, 0.29) is 5.92 Å². The van der Waals surface area contributed by atoms with Crippen molar-refractivity contribution in [3.63, 3.8) is 0 Å². The van der Waals surface area contributed by atoms with Gasteiger partial charge in [-0.1, -0.05) is 0 Å². The molecule has 2 rings (SSSR count). The van der Waals surface area contributed by atoms with Crippen LogP contribution in [0.5, 0.6) is 0 Å². The Morgan fingerprint density at radius 1 is 1.24 bits per heavy atom. The van der Waals surface area contributed by atoms with E-state index in [4.69, 9.17) is 0 Å². The third kappa shape index (κ3) is 3.62. The molecule has 1 unspecified atom stereocenters. The summed E-state index contributed by atoms with van der Waals surface area (Å²) in [5, 5.41) is 4.10. The number of carbonyl (C=O) groups is 1. The standard InChI is InChI=1S/C13H24N2OS/c1-17-12-5-3-8-15(9-6-12)13(16)11-4-2-7-14-10-11/h11-12,14H,2-10H2,1H3/t11-,12?/m1/s1. The van der Waals surface area contributed by atoms with Crippen molar-refractivity contribution < 1.29 is 4.79 Å². The number of nitrogens with one attached hydrogen (secondary N) is 1. The highest BCUT2D eigenvalue weighted by Crippen LogP contribution is 2.23. The molecule has 2 atom stereocenters. The largest absolute Gasteiger partial charge is 0.342 e. The molecule has 98 valence electrons. The summed E-state index contributed by atoms with van der Waals surface area (Å²) >= 11 is 1.96. The van der Waals surface area contributed by atoms with Gasteiger partial charge in [-0.2, -0.15) is 11.8 Å². The summed E-state index contributed by atoms with van der Waals surface area (Å²) in [6, 6.07) is 0. The Morgan fingerprint density at radius 3 is 2.82 bits per heavy atom. The number of carbonyl (C=O) groups excluding carboxylic acids is 1. The maximum atomic E-state index is 12.4. The average Bonchev–Trinajstić information content (AvgIpc) is 2.64. The van der Waals surface area contributed by atoms with Crippen LogP contribution in [-0.2, 0) is 4.79 Å². The minimum atomic E-state index is 0.245. The minimum Gasteiger partial charge on any atom is -0.342 e. The number of nitrogens with zero attached hydrogens (tertiary/aromatic N) is 1. The molecule has 0 aromatic carbocycles. The van der Waals surface area contributed by atoms with Crippen LogP contribution in [0.15, 0.2) is 0 Å². The van der Waals surface area contributed by atoms with Crippen LogP contribution in [0.4, 0.5) is 0 Å². The number of hydrogen-bond donors (Lipinski definition) is 1. The van der Waals surface area contributed by atoms with Gasteiger partial charge in [0.15, 0.2) is 0 Å². The van der Waals surface area contributed by atoms with Gasteiger partial charge in [0.25, 0.3) is 0 Å². The lowest BCUT2D eigenvalue weighted by Gasteiger charge is -2.28. The summed E-state index contributed by atoms with van der Waals surface area (Å²) in [5.74, 6) is 0.647. The Bertz CT molecular complexity index is 254. The van der Waals surface area contributed by atoms with Crippen LogP contribution in [0.2, 0.25) is 0 Å². The fraction of sp³-hybridized carbons (Fsp3) is 0.923. The van der Waals surface area contributed by atoms with E-state index in [0.29, 0.717) is 5.91 Å². The van der Waals surface area contributed by atoms with Gasteiger partial charge in [-0.3, -0.25) is 4.79 Å². The molecule has 0 aromatic rings. The first-order valence-corrected chi connectivity index (χ1v) is 8.12. The minimum absolute atomic E-state index is 0.245. The molecule has 0 bridgehead atoms. The lowest BCUT2D eigenvalue weighted by molar-refractivity contribution is -0.136. The molecule has 4 heteroatoms. The Kier molecular flexibility index (Phi) is 5.16. The van der Waals surface area contributed by atoms with Gasteiger partial charge in [-0.05, 0) is 44.9 Å². The lowest BCUT2D eigenvalue weighted by atomic mass is 9.98. The van der Waals surface area contributed by atoms with E-state index in [1.54, 1.807) is 0 Å². The quantitative estimate of drug-likeness (QED) is 0.816. The lowest BCUT2D eigenvalue weighted by Crippen LogP contribution is -2.43. The molecule has 0 aliphatic carbocycles. The Hall–Kier alpha value is -0.220. The molecule has 2 aliphatic rings. The topological polar surface area (TPSA) is 32.3 Å². The molecule has 2 aliphatic heterocycles. The summed E-state index contributed by atoms with van der Waals surface area (Å²) in [6.07, 6.45) is 8.04. The smallest absolute Gasteiger partial charge is 0.226 e. The predicted molar refractivity (Wildman–Crippen MR) is 73.3 cm³/mol. The van der Waals surface area contributed by atoms with Crippen LogP contribution in [0.1, 0.15) is 32.1 Å². The first kappa shape index (κ1) is 13.2. The van der Waals surface area contributed by atoms with E-state index in [0.717, 1.165) is 44.3 Å². The normalized spacial score (nSPS) is 31.0. The summed E-state index contributed by atoms with van der Waals surface area (Å²) in [6.45, 7) is 3.92. The highest BCUT2D eigenvalue weighted by atomic mass is 32.2. The van der Waals surface area contributed by atoms with E-state index in [1.807, 2.05) is 11.8 Å². The van der Waals surface area contributed by atoms with Crippen LogP contribution in [0.3, 0.4) is 0 Å². The van der Waals surface area contributed by atoms with Gasteiger partial charge >= 0.3 is 0 Å². The predicted octanol–water partition coefficient (Wildman–Crippen LogP) is 1.73. The van der Waals surface area contributed by atoms with Gasteiger partial charge in [0.05, 0.1) is 5.92 Å². The van der Waals surface area contributed by atoms with Crippen molar-refractivity contribution in [3.8, 4) is 0 Å². The first-order valence-electron chi connectivity index (χ1n) is 6.83. The third-order valence-corrected chi connectivity index (χ3v) is 5.10. The third-order valence-electron chi connectivity index (χ3n) is 3.97. The van der Waals surface area contributed by atoms with Crippen molar-refractivity contribution in [1.82, 2.24) is 10.2 Å². The number of amides is 1. The molecule has 1 amide bonds. The molecule has 2 saturated heterocycles. The Morgan fingerprint density at radius 2 is 2.12 bits per heavy atom. The zero-order chi connectivity index (χ0) is 12.1. The highest BCUT2D eigenvalue weighted by molar-refractivity contribution is 7.99. The number of rotatable bonds is 2. The van der Waals surface area contributed by atoms with Crippen molar-refractivity contribution in [1.29, 1.82) is 0 Å². The van der Waals surface area contributed by atoms with Gasteiger partial charge in [-0.15, -0.1) is 0 Å². The summed E-state index contributed by atoms with van der Waals surface area (Å²) in [5.41, 5.74) is 0. The molecule has 2 fully saturated rings. The van der Waals surface area contributed by atoms with Crippen molar-refractivity contribution in [2.75, 3.05) is 32.4 Å². The van der Waals surface area contributed by atoms with Crippen molar-refractivity contribution in [2.45, 2.75) is 37.4 Å². The molecular formula is C13H24N2OS. The maximum absolute atomic E-state index is 12.4. The van der Waals surface area contributed by atoms with E-state index in [9.17, 15) is 4.79 Å². The van der Waals surface area contributed by atoms with E-state index >= 15 is 0 Å². The van der Waals surface area contributed by atoms with Crippen LogP contribution in [-0.4, -0.2) is 48.5 Å². The second-order valence-corrected chi connectivity index (χ2v) is 6.30. The molecule has 2 heterocycles. The second kappa shape index (κ2) is 6.64. The molecule has 17 heavy (non-hydrogen) atoms. The number of thioether (sulfide) groups is 1. The van der Waals surface area contributed by atoms with Crippen molar-refractivity contribution in [2.24, 2.45) is 5.92 Å². The van der Waals surface area contributed by atoms with Crippen LogP contribution in [0, 0.1) is 5.92 Å². The molecule has 0 aromatic heterocycles. The van der Waals surface area contributed by atoms with E-state index in [2.05, 4.69) is 16.5 Å². The molecule has 1 N–H and O–H groups in total. The summed E-state index contributed by atoms with van der Waals surface area (Å²) in [4.78, 5) is 14.5. The van der Waals surface area contributed by atoms with Crippen molar-refractivity contribution in [3.05, 3.63) is 0 Å². The SMILES string of the molecule is CSC1CCCN(C(=O)[C@@H]2CCCNC2)CC1. The summed E-state index contributed by atoms with van der Waals surface area (Å²) in [7, 11) is 0. The molecule has 0 spiro atoms. The fourth-order valence-corrected chi connectivity index (χ4v) is 3.59. The van der Waals surface area contributed by atoms with Crippen LogP contribution < -0.4 is 5.32 Å². The number of hydrogen-bond acceptors (Lipinski definition) is 3. The zero-order valence-corrected chi connectivity index (χ0v) is 11.6.